The van der Waals surface area contributed by atoms with E-state index in [0.717, 1.165) is 44.3 Å². The minimum absolute atomic E-state index is 0.163. The van der Waals surface area contributed by atoms with Crippen LogP contribution in [0.1, 0.15) is 32.6 Å². The van der Waals surface area contributed by atoms with Gasteiger partial charge in [0, 0.05) is 62.0 Å². The van der Waals surface area contributed by atoms with Gasteiger partial charge >= 0.3 is 0 Å². The Bertz CT molecular complexity index is 1400. The lowest BCUT2D eigenvalue weighted by molar-refractivity contribution is -0.132. The molecule has 5 heterocycles. The lowest BCUT2D eigenvalue weighted by Gasteiger charge is -2.52. The van der Waals surface area contributed by atoms with Crippen LogP contribution >= 0.6 is 0 Å². The number of piperidine rings is 1. The normalized spacial score (nSPS) is 17.9. The van der Waals surface area contributed by atoms with E-state index in [2.05, 4.69) is 25.3 Å². The zero-order valence-electron chi connectivity index (χ0n) is 19.1. The smallest absolute Gasteiger partial charge is 0.228 e. The van der Waals surface area contributed by atoms with Crippen LogP contribution in [-0.2, 0) is 4.79 Å². The van der Waals surface area contributed by atoms with E-state index in [0.29, 0.717) is 39.9 Å². The molecule has 9 nitrogen and oxygen atoms in total. The number of imidazole rings is 1. The van der Waals surface area contributed by atoms with E-state index in [9.17, 15) is 9.18 Å². The van der Waals surface area contributed by atoms with Crippen LogP contribution in [0.5, 0.6) is 5.88 Å². The molecular formula is C24H26FN7O2. The number of rotatable bonds is 4. The summed E-state index contributed by atoms with van der Waals surface area (Å²) in [7, 11) is 1.57. The molecular weight excluding hydrogens is 437 g/mol. The van der Waals surface area contributed by atoms with Crippen LogP contribution < -0.4 is 10.1 Å². The number of hydrogen-bond acceptors (Lipinski definition) is 6. The van der Waals surface area contributed by atoms with Crippen LogP contribution in [0.2, 0.25) is 0 Å². The zero-order chi connectivity index (χ0) is 23.4. The SMILES string of the molecule is COc1nc(NC2CC3(CCN(C(C)=O)CC3)C2)nc2[nH]cc(-c3cc(F)c4nccn4c3)c12. The van der Waals surface area contributed by atoms with Crippen molar-refractivity contribution in [3.63, 3.8) is 0 Å². The number of anilines is 1. The van der Waals surface area contributed by atoms with Crippen molar-refractivity contribution in [2.45, 2.75) is 38.6 Å². The molecule has 10 heteroatoms. The number of likely N-dealkylation sites (tertiary alicyclic amines) is 1. The molecule has 1 saturated carbocycles. The number of pyridine rings is 1. The first-order valence-electron chi connectivity index (χ1n) is 11.5. The molecule has 1 aliphatic heterocycles. The second-order valence-corrected chi connectivity index (χ2v) is 9.47. The second-order valence-electron chi connectivity index (χ2n) is 9.47. The number of nitrogens with zero attached hydrogens (tertiary/aromatic N) is 5. The summed E-state index contributed by atoms with van der Waals surface area (Å²) in [6.07, 6.45) is 11.1. The molecule has 0 radical (unpaired) electrons. The van der Waals surface area contributed by atoms with Gasteiger partial charge in [-0.2, -0.15) is 9.97 Å². The minimum Gasteiger partial charge on any atom is -0.480 e. The molecule has 1 aliphatic carbocycles. The van der Waals surface area contributed by atoms with Crippen LogP contribution in [0.3, 0.4) is 0 Å². The Morgan fingerprint density at radius 2 is 2.09 bits per heavy atom. The standard InChI is InChI=1S/C24H26FN7O2/c1-14(33)31-6-3-24(4-7-31)10-16(11-24)28-23-29-20-19(22(30-23)34-2)17(12-27-20)15-9-18(25)21-26-5-8-32(21)13-15/h5,8-9,12-13,16H,3-4,6-7,10-11H2,1-2H3,(H2,27,28,29,30). The van der Waals surface area contributed by atoms with Gasteiger partial charge in [0.15, 0.2) is 11.5 Å². The van der Waals surface area contributed by atoms with Gasteiger partial charge in [0.25, 0.3) is 0 Å². The molecule has 0 atom stereocenters. The van der Waals surface area contributed by atoms with Crippen molar-refractivity contribution in [2.75, 3.05) is 25.5 Å². The average molecular weight is 464 g/mol. The van der Waals surface area contributed by atoms with E-state index < -0.39 is 5.82 Å². The third-order valence-electron chi connectivity index (χ3n) is 7.41. The number of carbonyl (C=O) groups is 1. The fraction of sp³-hybridized carbons (Fsp3) is 0.417. The van der Waals surface area contributed by atoms with Gasteiger partial charge in [0.05, 0.1) is 12.5 Å². The Balaban J connectivity index is 1.23. The molecule has 1 amide bonds. The Morgan fingerprint density at radius 1 is 1.29 bits per heavy atom. The fourth-order valence-corrected chi connectivity index (χ4v) is 5.55. The Kier molecular flexibility index (Phi) is 4.72. The van der Waals surface area contributed by atoms with E-state index in [1.165, 1.54) is 6.07 Å². The molecule has 1 spiro atoms. The summed E-state index contributed by atoms with van der Waals surface area (Å²) in [5.74, 6) is 0.701. The summed E-state index contributed by atoms with van der Waals surface area (Å²) in [5.41, 5.74) is 2.65. The maximum atomic E-state index is 14.5. The van der Waals surface area contributed by atoms with Gasteiger partial charge in [-0.05, 0) is 37.2 Å². The topological polar surface area (TPSA) is 100 Å². The van der Waals surface area contributed by atoms with Crippen molar-refractivity contribution in [1.29, 1.82) is 0 Å². The molecule has 6 rings (SSSR count). The van der Waals surface area contributed by atoms with Gasteiger partial charge in [0.1, 0.15) is 5.65 Å². The highest BCUT2D eigenvalue weighted by atomic mass is 19.1. The van der Waals surface area contributed by atoms with Gasteiger partial charge in [-0.25, -0.2) is 9.37 Å². The summed E-state index contributed by atoms with van der Waals surface area (Å²) in [6, 6.07) is 1.75. The first kappa shape index (κ1) is 20.9. The third kappa shape index (κ3) is 3.36. The minimum atomic E-state index is -0.400. The number of ether oxygens (including phenoxy) is 1. The van der Waals surface area contributed by atoms with Gasteiger partial charge < -0.3 is 24.3 Å². The predicted molar refractivity (Wildman–Crippen MR) is 125 cm³/mol. The third-order valence-corrected chi connectivity index (χ3v) is 7.41. The van der Waals surface area contributed by atoms with E-state index >= 15 is 0 Å². The molecule has 1 saturated heterocycles. The Morgan fingerprint density at radius 3 is 2.82 bits per heavy atom. The summed E-state index contributed by atoms with van der Waals surface area (Å²) in [5, 5.41) is 4.16. The number of fused-ring (bicyclic) bond motifs is 2. The maximum Gasteiger partial charge on any atom is 0.228 e. The zero-order valence-corrected chi connectivity index (χ0v) is 19.1. The Labute approximate surface area is 195 Å². The van der Waals surface area contributed by atoms with Crippen LogP contribution in [0.15, 0.2) is 30.9 Å². The predicted octanol–water partition coefficient (Wildman–Crippen LogP) is 3.62. The van der Waals surface area contributed by atoms with E-state index in [4.69, 9.17) is 4.74 Å². The average Bonchev–Trinajstić information content (AvgIpc) is 3.45. The van der Waals surface area contributed by atoms with Crippen LogP contribution in [-0.4, -0.2) is 61.4 Å². The molecule has 4 aromatic heterocycles. The first-order valence-corrected chi connectivity index (χ1v) is 11.5. The van der Waals surface area contributed by atoms with Gasteiger partial charge in [0.2, 0.25) is 17.7 Å². The highest BCUT2D eigenvalue weighted by molar-refractivity contribution is 5.97. The molecule has 34 heavy (non-hydrogen) atoms. The largest absolute Gasteiger partial charge is 0.480 e. The van der Waals surface area contributed by atoms with Crippen molar-refractivity contribution in [3.8, 4) is 17.0 Å². The lowest BCUT2D eigenvalue weighted by atomic mass is 9.60. The molecule has 2 aliphatic rings. The quantitative estimate of drug-likeness (QED) is 0.480. The number of carbonyl (C=O) groups excluding carboxylic acids is 1. The highest BCUT2D eigenvalue weighted by Gasteiger charge is 2.46. The number of aromatic nitrogens is 5. The fourth-order valence-electron chi connectivity index (χ4n) is 5.55. The van der Waals surface area contributed by atoms with Crippen LogP contribution in [0.25, 0.3) is 27.8 Å². The van der Waals surface area contributed by atoms with Crippen molar-refractivity contribution in [2.24, 2.45) is 5.41 Å². The van der Waals surface area contributed by atoms with E-state index in [1.807, 2.05) is 11.1 Å². The van der Waals surface area contributed by atoms with Crippen LogP contribution in [0.4, 0.5) is 10.3 Å². The van der Waals surface area contributed by atoms with Crippen molar-refractivity contribution < 1.29 is 13.9 Å². The highest BCUT2D eigenvalue weighted by Crippen LogP contribution is 2.50. The molecule has 2 N–H and O–H groups in total. The second kappa shape index (κ2) is 7.68. The summed E-state index contributed by atoms with van der Waals surface area (Å²) in [6.45, 7) is 3.33. The summed E-state index contributed by atoms with van der Waals surface area (Å²) >= 11 is 0. The van der Waals surface area contributed by atoms with Crippen molar-refractivity contribution in [3.05, 3.63) is 36.7 Å². The summed E-state index contributed by atoms with van der Waals surface area (Å²) < 4.78 is 21.8. The Hall–Kier alpha value is -3.69. The van der Waals surface area contributed by atoms with E-state index in [-0.39, 0.29) is 11.6 Å². The molecule has 0 aromatic carbocycles. The molecule has 0 bridgehead atoms. The number of methoxy groups -OCH3 is 1. The molecule has 2 fully saturated rings. The number of halogens is 1. The van der Waals surface area contributed by atoms with Gasteiger partial charge in [-0.15, -0.1) is 0 Å². The number of H-pyrrole nitrogens is 1. The number of amides is 1. The number of nitrogens with one attached hydrogen (secondary N) is 2. The first-order chi connectivity index (χ1) is 16.4. The molecule has 0 unspecified atom stereocenters. The van der Waals surface area contributed by atoms with Gasteiger partial charge in [-0.1, -0.05) is 0 Å². The number of aromatic amines is 1. The lowest BCUT2D eigenvalue weighted by Crippen LogP contribution is -2.52. The summed E-state index contributed by atoms with van der Waals surface area (Å²) in [4.78, 5) is 30.1. The molecule has 176 valence electrons. The molecule has 4 aromatic rings. The number of hydrogen-bond donors (Lipinski definition) is 2. The van der Waals surface area contributed by atoms with Crippen molar-refractivity contribution in [1.82, 2.24) is 29.2 Å². The van der Waals surface area contributed by atoms with E-state index in [1.54, 1.807) is 37.0 Å². The van der Waals surface area contributed by atoms with Crippen LogP contribution in [0, 0.1) is 11.2 Å². The van der Waals surface area contributed by atoms with Crippen molar-refractivity contribution >= 4 is 28.5 Å². The maximum absolute atomic E-state index is 14.5. The monoisotopic (exact) mass is 463 g/mol. The van der Waals surface area contributed by atoms with Gasteiger partial charge in [-0.3, -0.25) is 4.79 Å².